The molecule has 1 unspecified atom stereocenters. The predicted molar refractivity (Wildman–Crippen MR) is 91.5 cm³/mol. The molecule has 2 heteroatoms. The second-order valence-electron chi connectivity index (χ2n) is 6.67. The van der Waals surface area contributed by atoms with Crippen molar-refractivity contribution < 1.29 is 0 Å². The zero-order valence-corrected chi connectivity index (χ0v) is 13.9. The Labute approximate surface area is 132 Å². The molecule has 0 N–H and O–H groups in total. The lowest BCUT2D eigenvalue weighted by Crippen LogP contribution is -2.23. The van der Waals surface area contributed by atoms with Crippen LogP contribution >= 0.6 is 25.3 Å². The van der Waals surface area contributed by atoms with E-state index in [-0.39, 0.29) is 10.8 Å². The second-order valence-corrected chi connectivity index (χ2v) is 7.70. The van der Waals surface area contributed by atoms with Crippen molar-refractivity contribution in [2.24, 2.45) is 0 Å². The van der Waals surface area contributed by atoms with Gasteiger partial charge in [-0.3, -0.25) is 0 Å². The van der Waals surface area contributed by atoms with Gasteiger partial charge in [0.2, 0.25) is 0 Å². The van der Waals surface area contributed by atoms with Crippen LogP contribution in [0.2, 0.25) is 0 Å². The van der Waals surface area contributed by atoms with Gasteiger partial charge in [-0.1, -0.05) is 39.0 Å². The van der Waals surface area contributed by atoms with Gasteiger partial charge >= 0.3 is 0 Å². The van der Waals surface area contributed by atoms with E-state index in [2.05, 4.69) is 88.5 Å². The SMILES string of the molecule is CC1(C)CC(C)(c2ccc(S)cc2)c2cc(S)ccc21. The van der Waals surface area contributed by atoms with Gasteiger partial charge in [0.25, 0.3) is 0 Å². The lowest BCUT2D eigenvalue weighted by Gasteiger charge is -2.28. The third-order valence-electron chi connectivity index (χ3n) is 4.63. The maximum Gasteiger partial charge on any atom is 0.0186 e. The van der Waals surface area contributed by atoms with Gasteiger partial charge in [-0.2, -0.15) is 0 Å². The van der Waals surface area contributed by atoms with E-state index in [9.17, 15) is 0 Å². The number of benzene rings is 2. The molecule has 0 amide bonds. The zero-order chi connectivity index (χ0) is 14.5. The minimum atomic E-state index is 0.0546. The maximum absolute atomic E-state index is 4.53. The molecule has 1 aliphatic rings. The molecule has 0 bridgehead atoms. The molecule has 0 fully saturated rings. The number of hydrogen-bond acceptors (Lipinski definition) is 2. The second kappa shape index (κ2) is 4.57. The van der Waals surface area contributed by atoms with Crippen LogP contribution < -0.4 is 0 Å². The first-order chi connectivity index (χ1) is 9.33. The van der Waals surface area contributed by atoms with Crippen molar-refractivity contribution in [1.82, 2.24) is 0 Å². The molecule has 1 aliphatic carbocycles. The average molecular weight is 300 g/mol. The van der Waals surface area contributed by atoms with Gasteiger partial charge in [-0.15, -0.1) is 25.3 Å². The van der Waals surface area contributed by atoms with Crippen LogP contribution in [0.4, 0.5) is 0 Å². The average Bonchev–Trinajstić information content (AvgIpc) is 2.58. The minimum Gasteiger partial charge on any atom is -0.143 e. The molecule has 104 valence electrons. The molecule has 1 atom stereocenters. The van der Waals surface area contributed by atoms with E-state index in [1.165, 1.54) is 16.7 Å². The summed E-state index contributed by atoms with van der Waals surface area (Å²) in [6.45, 7) is 7.02. The summed E-state index contributed by atoms with van der Waals surface area (Å²) in [5, 5.41) is 0. The summed E-state index contributed by atoms with van der Waals surface area (Å²) in [6.07, 6.45) is 1.12. The summed E-state index contributed by atoms with van der Waals surface area (Å²) in [5.41, 5.74) is 4.49. The third-order valence-corrected chi connectivity index (χ3v) is 5.20. The van der Waals surface area contributed by atoms with Crippen LogP contribution in [0.15, 0.2) is 52.3 Å². The van der Waals surface area contributed by atoms with Crippen LogP contribution in [0.1, 0.15) is 43.9 Å². The molecule has 0 spiro atoms. The number of thiol groups is 2. The van der Waals surface area contributed by atoms with E-state index in [0.29, 0.717) is 0 Å². The fourth-order valence-corrected chi connectivity index (χ4v) is 4.09. The van der Waals surface area contributed by atoms with E-state index >= 15 is 0 Å². The standard InChI is InChI=1S/C18H20S2/c1-17(2)11-18(3,12-4-6-13(19)7-5-12)16-10-14(20)8-9-15(16)17/h4-10,19-20H,11H2,1-3H3. The smallest absolute Gasteiger partial charge is 0.0186 e. The van der Waals surface area contributed by atoms with Gasteiger partial charge in [0, 0.05) is 15.2 Å². The first-order valence-electron chi connectivity index (χ1n) is 6.96. The molecule has 0 radical (unpaired) electrons. The predicted octanol–water partition coefficient (Wildman–Crippen LogP) is 5.25. The first kappa shape index (κ1) is 14.1. The normalized spacial score (nSPS) is 23.6. The molecule has 0 saturated carbocycles. The molecule has 2 aromatic rings. The van der Waals surface area contributed by atoms with Crippen LogP contribution in [0.5, 0.6) is 0 Å². The lowest BCUT2D eigenvalue weighted by atomic mass is 9.75. The summed E-state index contributed by atoms with van der Waals surface area (Å²) >= 11 is 8.93. The highest BCUT2D eigenvalue weighted by atomic mass is 32.1. The fourth-order valence-electron chi connectivity index (χ4n) is 3.74. The van der Waals surface area contributed by atoms with Crippen LogP contribution in [0.25, 0.3) is 0 Å². The Kier molecular flexibility index (Phi) is 3.22. The van der Waals surface area contributed by atoms with E-state index < -0.39 is 0 Å². The Bertz CT molecular complexity index is 656. The molecule has 0 nitrogen and oxygen atoms in total. The van der Waals surface area contributed by atoms with Gasteiger partial charge in [-0.05, 0) is 52.8 Å². The van der Waals surface area contributed by atoms with Crippen LogP contribution in [0.3, 0.4) is 0 Å². The highest BCUT2D eigenvalue weighted by Crippen LogP contribution is 2.53. The molecular formula is C18H20S2. The fraction of sp³-hybridized carbons (Fsp3) is 0.333. The monoisotopic (exact) mass is 300 g/mol. The molecule has 0 saturated heterocycles. The van der Waals surface area contributed by atoms with E-state index in [1.54, 1.807) is 0 Å². The van der Waals surface area contributed by atoms with Crippen molar-refractivity contribution in [1.29, 1.82) is 0 Å². The van der Waals surface area contributed by atoms with Gasteiger partial charge in [0.1, 0.15) is 0 Å². The van der Waals surface area contributed by atoms with Crippen molar-refractivity contribution in [2.75, 3.05) is 0 Å². The molecule has 2 aromatic carbocycles. The minimum absolute atomic E-state index is 0.0546. The topological polar surface area (TPSA) is 0 Å². The van der Waals surface area contributed by atoms with Crippen molar-refractivity contribution >= 4 is 25.3 Å². The number of rotatable bonds is 1. The first-order valence-corrected chi connectivity index (χ1v) is 7.86. The van der Waals surface area contributed by atoms with E-state index in [0.717, 1.165) is 16.2 Å². The molecular weight excluding hydrogens is 280 g/mol. The van der Waals surface area contributed by atoms with Crippen molar-refractivity contribution in [3.05, 3.63) is 59.2 Å². The zero-order valence-electron chi connectivity index (χ0n) is 12.1. The highest BCUT2D eigenvalue weighted by molar-refractivity contribution is 7.80. The van der Waals surface area contributed by atoms with Crippen molar-refractivity contribution in [2.45, 2.75) is 47.8 Å². The summed E-state index contributed by atoms with van der Waals surface area (Å²) in [7, 11) is 0. The Balaban J connectivity index is 2.21. The molecule has 0 aliphatic heterocycles. The Morgan fingerprint density at radius 3 is 2.05 bits per heavy atom. The van der Waals surface area contributed by atoms with Gasteiger partial charge < -0.3 is 0 Å². The van der Waals surface area contributed by atoms with Crippen LogP contribution in [-0.2, 0) is 10.8 Å². The third kappa shape index (κ3) is 2.10. The van der Waals surface area contributed by atoms with Gasteiger partial charge in [0.15, 0.2) is 0 Å². The maximum atomic E-state index is 4.53. The van der Waals surface area contributed by atoms with E-state index in [4.69, 9.17) is 0 Å². The highest BCUT2D eigenvalue weighted by Gasteiger charge is 2.45. The molecule has 0 heterocycles. The van der Waals surface area contributed by atoms with Crippen molar-refractivity contribution in [3.63, 3.8) is 0 Å². The van der Waals surface area contributed by atoms with Gasteiger partial charge in [-0.25, -0.2) is 0 Å². The largest absolute Gasteiger partial charge is 0.143 e. The quantitative estimate of drug-likeness (QED) is 0.660. The van der Waals surface area contributed by atoms with Crippen LogP contribution in [-0.4, -0.2) is 0 Å². The summed E-state index contributed by atoms with van der Waals surface area (Å²) in [5.74, 6) is 0. The molecule has 0 aromatic heterocycles. The number of fused-ring (bicyclic) bond motifs is 1. The van der Waals surface area contributed by atoms with E-state index in [1.807, 2.05) is 0 Å². The summed E-state index contributed by atoms with van der Waals surface area (Å²) in [6, 6.07) is 15.2. The molecule has 3 rings (SSSR count). The summed E-state index contributed by atoms with van der Waals surface area (Å²) in [4.78, 5) is 2.05. The Morgan fingerprint density at radius 2 is 1.40 bits per heavy atom. The number of hydrogen-bond donors (Lipinski definition) is 2. The van der Waals surface area contributed by atoms with Crippen molar-refractivity contribution in [3.8, 4) is 0 Å². The van der Waals surface area contributed by atoms with Crippen LogP contribution in [0, 0.1) is 0 Å². The lowest BCUT2D eigenvalue weighted by molar-refractivity contribution is 0.425. The Hall–Kier alpha value is -0.860. The van der Waals surface area contributed by atoms with Gasteiger partial charge in [0.05, 0.1) is 0 Å². The summed E-state index contributed by atoms with van der Waals surface area (Å²) < 4.78 is 0. The Morgan fingerprint density at radius 1 is 0.800 bits per heavy atom. The molecule has 20 heavy (non-hydrogen) atoms.